The summed E-state index contributed by atoms with van der Waals surface area (Å²) >= 11 is 0. The molecule has 0 fully saturated rings. The standard InChI is InChI=1S/C61H107NO5/c1-4-7-10-13-16-19-22-25-28-30-32-34-37-40-43-46-49-52-57(67-61(66)54-51-48-45-42-39-36-27-24-21-18-15-12-9-6-3)55-60(65)62-58(56-63)59(64)53-50-47-44-41-38-35-33-31-29-26-23-20-17-14-11-8-5-2/h7,10,16,19,25,28,32,34,36,39-40,43,49,52,57-59,63-64H,4-6,8-9,11-15,17-18,20-24,26-27,29-31,33,35,37-38,41-42,44-48,50-51,53-56H2,1-3H3,(H,62,65)/b10-7-,19-16-,28-25-,34-32-,39-36-,43-40-,52-49-. The SMILES string of the molecule is CC/C=C\C/C=C\C/C=C\C/C=C\C/C=C\C/C=C\C(CC(=O)NC(CO)C(O)CCCCCCCCCCCCCCCCCCC)OC(=O)CCCCC/C=C\CCCCCCCCC. The lowest BCUT2D eigenvalue weighted by atomic mass is 10.0. The number of aliphatic hydroxyl groups is 2. The molecule has 0 aliphatic carbocycles. The Labute approximate surface area is 414 Å². The van der Waals surface area contributed by atoms with E-state index in [4.69, 9.17) is 4.74 Å². The predicted molar refractivity (Wildman–Crippen MR) is 291 cm³/mol. The van der Waals surface area contributed by atoms with Gasteiger partial charge in [0.05, 0.1) is 25.2 Å². The molecule has 6 nitrogen and oxygen atoms in total. The van der Waals surface area contributed by atoms with Crippen molar-refractivity contribution in [2.45, 2.75) is 283 Å². The number of ether oxygens (including phenoxy) is 1. The number of carbonyl (C=O) groups is 2. The van der Waals surface area contributed by atoms with Crippen molar-refractivity contribution in [3.8, 4) is 0 Å². The fourth-order valence-electron chi connectivity index (χ4n) is 8.19. The Kier molecular flexibility index (Phi) is 51.6. The number of nitrogens with one attached hydrogen (secondary N) is 1. The van der Waals surface area contributed by atoms with Crippen LogP contribution < -0.4 is 5.32 Å². The molecule has 67 heavy (non-hydrogen) atoms. The van der Waals surface area contributed by atoms with Gasteiger partial charge < -0.3 is 20.3 Å². The van der Waals surface area contributed by atoms with Crippen molar-refractivity contribution < 1.29 is 24.5 Å². The zero-order valence-electron chi connectivity index (χ0n) is 44.0. The Hall–Kier alpha value is -2.96. The molecule has 0 aliphatic rings. The predicted octanol–water partition coefficient (Wildman–Crippen LogP) is 17.5. The first-order chi connectivity index (χ1) is 33.0. The summed E-state index contributed by atoms with van der Waals surface area (Å²) in [5.41, 5.74) is 0. The molecule has 6 heteroatoms. The maximum atomic E-state index is 13.2. The zero-order valence-corrected chi connectivity index (χ0v) is 44.0. The fraction of sp³-hybridized carbons (Fsp3) is 0.738. The number of unbranched alkanes of at least 4 members (excludes halogenated alkanes) is 26. The number of amides is 1. The van der Waals surface area contributed by atoms with Gasteiger partial charge in [-0.25, -0.2) is 0 Å². The summed E-state index contributed by atoms with van der Waals surface area (Å²) in [4.78, 5) is 26.2. The molecule has 0 rings (SSSR count). The average Bonchev–Trinajstić information content (AvgIpc) is 3.32. The second-order valence-electron chi connectivity index (χ2n) is 19.0. The van der Waals surface area contributed by atoms with Gasteiger partial charge in [0.1, 0.15) is 6.10 Å². The minimum absolute atomic E-state index is 0.0558. The highest BCUT2D eigenvalue weighted by Gasteiger charge is 2.23. The number of aliphatic hydroxyl groups excluding tert-OH is 2. The first kappa shape index (κ1) is 64.0. The molecule has 0 aliphatic heterocycles. The average molecular weight is 935 g/mol. The normalized spacial score (nSPS) is 13.8. The minimum Gasteiger partial charge on any atom is -0.458 e. The lowest BCUT2D eigenvalue weighted by molar-refractivity contribution is -0.148. The summed E-state index contributed by atoms with van der Waals surface area (Å²) in [6.07, 6.45) is 71.1. The van der Waals surface area contributed by atoms with Crippen LogP contribution in [0.1, 0.15) is 265 Å². The van der Waals surface area contributed by atoms with Crippen molar-refractivity contribution in [3.63, 3.8) is 0 Å². The van der Waals surface area contributed by atoms with E-state index in [1.807, 2.05) is 6.08 Å². The van der Waals surface area contributed by atoms with E-state index in [9.17, 15) is 19.8 Å². The van der Waals surface area contributed by atoms with Gasteiger partial charge in [-0.3, -0.25) is 9.59 Å². The van der Waals surface area contributed by atoms with Gasteiger partial charge >= 0.3 is 5.97 Å². The van der Waals surface area contributed by atoms with Crippen LogP contribution in [0.25, 0.3) is 0 Å². The highest BCUT2D eigenvalue weighted by Crippen LogP contribution is 2.16. The van der Waals surface area contributed by atoms with Crippen molar-refractivity contribution in [2.24, 2.45) is 0 Å². The molecule has 0 aromatic carbocycles. The van der Waals surface area contributed by atoms with Crippen LogP contribution >= 0.6 is 0 Å². The van der Waals surface area contributed by atoms with Crippen molar-refractivity contribution in [3.05, 3.63) is 85.1 Å². The van der Waals surface area contributed by atoms with Gasteiger partial charge in [0.25, 0.3) is 0 Å². The van der Waals surface area contributed by atoms with E-state index in [0.717, 1.165) is 83.5 Å². The van der Waals surface area contributed by atoms with Crippen LogP contribution in [0.2, 0.25) is 0 Å². The molecule has 3 atom stereocenters. The fourth-order valence-corrected chi connectivity index (χ4v) is 8.19. The van der Waals surface area contributed by atoms with E-state index in [1.165, 1.54) is 135 Å². The van der Waals surface area contributed by atoms with Crippen molar-refractivity contribution in [1.82, 2.24) is 5.32 Å². The molecule has 0 bridgehead atoms. The van der Waals surface area contributed by atoms with E-state index in [1.54, 1.807) is 6.08 Å². The van der Waals surface area contributed by atoms with E-state index < -0.39 is 18.2 Å². The molecular weight excluding hydrogens is 827 g/mol. The molecule has 0 aromatic rings. The Morgan fingerprint density at radius 2 is 0.836 bits per heavy atom. The molecule has 0 saturated carbocycles. The van der Waals surface area contributed by atoms with Crippen LogP contribution in [0.15, 0.2) is 85.1 Å². The van der Waals surface area contributed by atoms with E-state index >= 15 is 0 Å². The molecule has 3 unspecified atom stereocenters. The van der Waals surface area contributed by atoms with Crippen LogP contribution in [-0.4, -0.2) is 46.9 Å². The maximum Gasteiger partial charge on any atom is 0.306 e. The molecule has 0 radical (unpaired) electrons. The lowest BCUT2D eigenvalue weighted by Gasteiger charge is -2.23. The third-order valence-corrected chi connectivity index (χ3v) is 12.5. The first-order valence-electron chi connectivity index (χ1n) is 28.3. The van der Waals surface area contributed by atoms with Crippen molar-refractivity contribution in [1.29, 1.82) is 0 Å². The Bertz CT molecular complexity index is 1280. The van der Waals surface area contributed by atoms with Crippen molar-refractivity contribution >= 4 is 11.9 Å². The van der Waals surface area contributed by atoms with Crippen LogP contribution in [-0.2, 0) is 14.3 Å². The van der Waals surface area contributed by atoms with Gasteiger partial charge in [-0.15, -0.1) is 0 Å². The summed E-state index contributed by atoms with van der Waals surface area (Å²) in [6, 6.07) is -0.750. The molecular formula is C61H107NO5. The maximum absolute atomic E-state index is 13.2. The lowest BCUT2D eigenvalue weighted by Crippen LogP contribution is -2.46. The largest absolute Gasteiger partial charge is 0.458 e. The van der Waals surface area contributed by atoms with Gasteiger partial charge in [-0.05, 0) is 83.1 Å². The highest BCUT2D eigenvalue weighted by molar-refractivity contribution is 5.78. The van der Waals surface area contributed by atoms with Crippen LogP contribution in [0.3, 0.4) is 0 Å². The van der Waals surface area contributed by atoms with E-state index in [-0.39, 0.29) is 24.9 Å². The Morgan fingerprint density at radius 1 is 0.463 bits per heavy atom. The Balaban J connectivity index is 4.72. The minimum atomic E-state index is -0.827. The number of hydrogen-bond acceptors (Lipinski definition) is 5. The summed E-state index contributed by atoms with van der Waals surface area (Å²) in [5, 5.41) is 23.8. The smallest absolute Gasteiger partial charge is 0.306 e. The summed E-state index contributed by atoms with van der Waals surface area (Å²) in [7, 11) is 0. The quantitative estimate of drug-likeness (QED) is 0.0321. The van der Waals surface area contributed by atoms with Gasteiger partial charge in [0.2, 0.25) is 5.91 Å². The third-order valence-electron chi connectivity index (χ3n) is 12.5. The summed E-state index contributed by atoms with van der Waals surface area (Å²) in [5.74, 6) is -0.648. The Morgan fingerprint density at radius 3 is 1.25 bits per heavy atom. The van der Waals surface area contributed by atoms with E-state index in [2.05, 4.69) is 99.0 Å². The zero-order chi connectivity index (χ0) is 48.8. The number of hydrogen-bond donors (Lipinski definition) is 3. The van der Waals surface area contributed by atoms with Gasteiger partial charge in [0.15, 0.2) is 0 Å². The summed E-state index contributed by atoms with van der Waals surface area (Å²) < 4.78 is 5.83. The third kappa shape index (κ3) is 49.3. The van der Waals surface area contributed by atoms with Crippen LogP contribution in [0, 0.1) is 0 Å². The number of rotatable bonds is 50. The topological polar surface area (TPSA) is 95.9 Å². The molecule has 0 aromatic heterocycles. The number of allylic oxidation sites excluding steroid dienone is 13. The second-order valence-corrected chi connectivity index (χ2v) is 19.0. The van der Waals surface area contributed by atoms with Crippen LogP contribution in [0.4, 0.5) is 0 Å². The molecule has 0 saturated heterocycles. The molecule has 0 heterocycles. The summed E-state index contributed by atoms with van der Waals surface area (Å²) in [6.45, 7) is 6.34. The molecule has 0 spiro atoms. The molecule has 3 N–H and O–H groups in total. The second kappa shape index (κ2) is 54.0. The highest BCUT2D eigenvalue weighted by atomic mass is 16.5. The van der Waals surface area contributed by atoms with Gasteiger partial charge in [-0.2, -0.15) is 0 Å². The van der Waals surface area contributed by atoms with Crippen LogP contribution in [0.5, 0.6) is 0 Å². The monoisotopic (exact) mass is 934 g/mol. The first-order valence-corrected chi connectivity index (χ1v) is 28.3. The van der Waals surface area contributed by atoms with E-state index in [0.29, 0.717) is 19.3 Å². The molecule has 386 valence electrons. The van der Waals surface area contributed by atoms with Gasteiger partial charge in [0, 0.05) is 6.42 Å². The number of carbonyl (C=O) groups excluding carboxylic acids is 2. The van der Waals surface area contributed by atoms with Gasteiger partial charge in [-0.1, -0.05) is 254 Å². The molecule has 1 amide bonds. The van der Waals surface area contributed by atoms with Crippen molar-refractivity contribution in [2.75, 3.05) is 6.61 Å². The number of esters is 1.